The first kappa shape index (κ1) is 23.7. The highest BCUT2D eigenvalue weighted by Gasteiger charge is 2.33. The van der Waals surface area contributed by atoms with Crippen LogP contribution in [0.3, 0.4) is 0 Å². The van der Waals surface area contributed by atoms with Crippen LogP contribution in [0.1, 0.15) is 28.0 Å². The summed E-state index contributed by atoms with van der Waals surface area (Å²) in [5.74, 6) is -0.620. The zero-order valence-corrected chi connectivity index (χ0v) is 20.7. The minimum atomic E-state index is -4.08. The zero-order valence-electron chi connectivity index (χ0n) is 18.3. The van der Waals surface area contributed by atoms with Crippen LogP contribution in [0.2, 0.25) is 5.02 Å². The molecule has 1 aliphatic heterocycles. The van der Waals surface area contributed by atoms with Crippen molar-refractivity contribution in [2.24, 2.45) is 0 Å². The standard InChI is InChI=1S/C22H24ClN3O5S2/c1-13-8-14(2)10-17(9-13)33(30,31)21-18-11-15(23)4-5-19(18)25-20(21)22(27)24-16-6-7-26(12-16)32(3,28)29/h4-5,8-11,16,25H,6-7,12H2,1-3H3,(H,24,27)/t16-/m0/s1. The van der Waals surface area contributed by atoms with Crippen molar-refractivity contribution in [1.29, 1.82) is 0 Å². The van der Waals surface area contributed by atoms with E-state index in [1.165, 1.54) is 10.4 Å². The fraction of sp³-hybridized carbons (Fsp3) is 0.318. The topological polar surface area (TPSA) is 116 Å². The van der Waals surface area contributed by atoms with Gasteiger partial charge in [0.15, 0.2) is 0 Å². The SMILES string of the molecule is Cc1cc(C)cc(S(=O)(=O)c2c(C(=O)N[C@H]3CCN(S(C)(=O)=O)C3)[nH]c3ccc(Cl)cc23)c1. The van der Waals surface area contributed by atoms with Crippen LogP contribution in [-0.4, -0.2) is 57.4 Å². The Balaban J connectivity index is 1.80. The summed E-state index contributed by atoms with van der Waals surface area (Å²) in [5, 5.41) is 3.44. The molecule has 1 fully saturated rings. The number of sulfonamides is 1. The van der Waals surface area contributed by atoms with Crippen LogP contribution in [0.15, 0.2) is 46.2 Å². The number of halogens is 1. The van der Waals surface area contributed by atoms with Gasteiger partial charge in [0.2, 0.25) is 19.9 Å². The fourth-order valence-electron chi connectivity index (χ4n) is 4.19. The van der Waals surface area contributed by atoms with Gasteiger partial charge in [0.1, 0.15) is 10.6 Å². The van der Waals surface area contributed by atoms with E-state index in [-0.39, 0.29) is 22.0 Å². The number of aryl methyl sites for hydroxylation is 2. The van der Waals surface area contributed by atoms with Crippen LogP contribution < -0.4 is 5.32 Å². The number of H-pyrrole nitrogens is 1. The van der Waals surface area contributed by atoms with E-state index in [2.05, 4.69) is 10.3 Å². The molecule has 0 spiro atoms. The van der Waals surface area contributed by atoms with Gasteiger partial charge in [-0.2, -0.15) is 0 Å². The lowest BCUT2D eigenvalue weighted by molar-refractivity contribution is 0.0931. The average Bonchev–Trinajstić information content (AvgIpc) is 3.31. The predicted octanol–water partition coefficient (Wildman–Crippen LogP) is 3.03. The van der Waals surface area contributed by atoms with Gasteiger partial charge in [-0.25, -0.2) is 21.1 Å². The van der Waals surface area contributed by atoms with Crippen molar-refractivity contribution in [3.8, 4) is 0 Å². The molecule has 33 heavy (non-hydrogen) atoms. The van der Waals surface area contributed by atoms with Crippen molar-refractivity contribution >= 4 is 48.3 Å². The summed E-state index contributed by atoms with van der Waals surface area (Å²) in [6, 6.07) is 9.31. The molecule has 1 aliphatic rings. The second-order valence-corrected chi connectivity index (χ2v) is 12.7. The Kier molecular flexibility index (Phi) is 6.06. The smallest absolute Gasteiger partial charge is 0.269 e. The van der Waals surface area contributed by atoms with E-state index in [1.54, 1.807) is 38.1 Å². The number of benzene rings is 2. The molecule has 2 aromatic carbocycles. The van der Waals surface area contributed by atoms with Gasteiger partial charge in [0.25, 0.3) is 5.91 Å². The Morgan fingerprint density at radius 1 is 1.09 bits per heavy atom. The lowest BCUT2D eigenvalue weighted by Gasteiger charge is -2.15. The number of aromatic amines is 1. The molecule has 1 atom stereocenters. The number of nitrogens with one attached hydrogen (secondary N) is 2. The molecule has 1 saturated heterocycles. The highest BCUT2D eigenvalue weighted by molar-refractivity contribution is 7.91. The molecule has 0 saturated carbocycles. The maximum atomic E-state index is 13.7. The van der Waals surface area contributed by atoms with Crippen molar-refractivity contribution in [2.75, 3.05) is 19.3 Å². The molecular weight excluding hydrogens is 486 g/mol. The maximum Gasteiger partial charge on any atom is 0.269 e. The minimum Gasteiger partial charge on any atom is -0.349 e. The predicted molar refractivity (Wildman–Crippen MR) is 127 cm³/mol. The third-order valence-corrected chi connectivity index (χ3v) is 8.99. The van der Waals surface area contributed by atoms with Crippen LogP contribution >= 0.6 is 11.6 Å². The second-order valence-electron chi connectivity index (χ2n) is 8.43. The highest BCUT2D eigenvalue weighted by Crippen LogP contribution is 2.34. The fourth-order valence-corrected chi connectivity index (χ4v) is 7.04. The van der Waals surface area contributed by atoms with Crippen molar-refractivity contribution < 1.29 is 21.6 Å². The third-order valence-electron chi connectivity index (χ3n) is 5.67. The van der Waals surface area contributed by atoms with Crippen LogP contribution in [0, 0.1) is 13.8 Å². The molecule has 2 heterocycles. The van der Waals surface area contributed by atoms with Gasteiger partial charge in [0, 0.05) is 35.1 Å². The second kappa shape index (κ2) is 8.43. The first-order valence-corrected chi connectivity index (χ1v) is 14.0. The summed E-state index contributed by atoms with van der Waals surface area (Å²) in [5.41, 5.74) is 1.91. The van der Waals surface area contributed by atoms with Gasteiger partial charge < -0.3 is 10.3 Å². The molecule has 176 valence electrons. The molecule has 11 heteroatoms. The average molecular weight is 510 g/mol. The summed E-state index contributed by atoms with van der Waals surface area (Å²) >= 11 is 6.15. The van der Waals surface area contributed by atoms with Gasteiger partial charge in [-0.15, -0.1) is 0 Å². The molecule has 2 N–H and O–H groups in total. The van der Waals surface area contributed by atoms with E-state index in [9.17, 15) is 21.6 Å². The number of sulfone groups is 1. The zero-order chi connectivity index (χ0) is 24.1. The first-order valence-electron chi connectivity index (χ1n) is 10.3. The summed E-state index contributed by atoms with van der Waals surface area (Å²) in [6.07, 6.45) is 1.55. The highest BCUT2D eigenvalue weighted by atomic mass is 35.5. The Bertz CT molecular complexity index is 1460. The largest absolute Gasteiger partial charge is 0.349 e. The Morgan fingerprint density at radius 2 is 1.76 bits per heavy atom. The number of carbonyl (C=O) groups excluding carboxylic acids is 1. The maximum absolute atomic E-state index is 13.7. The minimum absolute atomic E-state index is 0.0824. The lowest BCUT2D eigenvalue weighted by Crippen LogP contribution is -2.38. The Hall–Kier alpha value is -2.40. The Labute approximate surface area is 197 Å². The molecule has 3 aromatic rings. The number of nitrogens with zero attached hydrogens (tertiary/aromatic N) is 1. The van der Waals surface area contributed by atoms with Crippen LogP contribution in [-0.2, 0) is 19.9 Å². The summed E-state index contributed by atoms with van der Waals surface area (Å²) in [6.45, 7) is 4.04. The molecule has 0 unspecified atom stereocenters. The van der Waals surface area contributed by atoms with Crippen molar-refractivity contribution in [3.63, 3.8) is 0 Å². The van der Waals surface area contributed by atoms with E-state index < -0.39 is 31.8 Å². The van der Waals surface area contributed by atoms with Crippen molar-refractivity contribution in [2.45, 2.75) is 36.1 Å². The number of carbonyl (C=O) groups is 1. The van der Waals surface area contributed by atoms with E-state index >= 15 is 0 Å². The van der Waals surface area contributed by atoms with Gasteiger partial charge in [-0.1, -0.05) is 17.7 Å². The van der Waals surface area contributed by atoms with E-state index in [0.29, 0.717) is 28.9 Å². The summed E-state index contributed by atoms with van der Waals surface area (Å²) < 4.78 is 52.4. The molecule has 8 nitrogen and oxygen atoms in total. The number of hydrogen-bond acceptors (Lipinski definition) is 5. The van der Waals surface area contributed by atoms with Gasteiger partial charge in [0.05, 0.1) is 11.2 Å². The van der Waals surface area contributed by atoms with Crippen LogP contribution in [0.25, 0.3) is 10.9 Å². The van der Waals surface area contributed by atoms with Gasteiger partial charge in [-0.05, 0) is 61.7 Å². The number of amides is 1. The molecule has 1 aromatic heterocycles. The number of hydrogen-bond donors (Lipinski definition) is 2. The molecule has 0 bridgehead atoms. The summed E-state index contributed by atoms with van der Waals surface area (Å²) in [4.78, 5) is 16.1. The third kappa shape index (κ3) is 4.65. The Morgan fingerprint density at radius 3 is 2.36 bits per heavy atom. The first-order chi connectivity index (χ1) is 15.4. The van der Waals surface area contributed by atoms with Crippen LogP contribution in [0.5, 0.6) is 0 Å². The quantitative estimate of drug-likeness (QED) is 0.548. The number of fused-ring (bicyclic) bond motifs is 1. The van der Waals surface area contributed by atoms with E-state index in [1.807, 2.05) is 6.07 Å². The molecule has 1 amide bonds. The number of aromatic nitrogens is 1. The van der Waals surface area contributed by atoms with Crippen LogP contribution in [0.4, 0.5) is 0 Å². The normalized spacial score (nSPS) is 17.5. The molecular formula is C22H24ClN3O5S2. The van der Waals surface area contributed by atoms with E-state index in [0.717, 1.165) is 17.4 Å². The number of rotatable bonds is 5. The molecule has 4 rings (SSSR count). The van der Waals surface area contributed by atoms with Crippen molar-refractivity contribution in [3.05, 3.63) is 58.2 Å². The lowest BCUT2D eigenvalue weighted by atomic mass is 10.2. The van der Waals surface area contributed by atoms with Crippen molar-refractivity contribution in [1.82, 2.24) is 14.6 Å². The van der Waals surface area contributed by atoms with E-state index in [4.69, 9.17) is 11.6 Å². The van der Waals surface area contributed by atoms with Gasteiger partial charge >= 0.3 is 0 Å². The van der Waals surface area contributed by atoms with Gasteiger partial charge in [-0.3, -0.25) is 4.79 Å². The summed E-state index contributed by atoms with van der Waals surface area (Å²) in [7, 11) is -7.46. The molecule has 0 radical (unpaired) electrons. The molecule has 0 aliphatic carbocycles. The monoisotopic (exact) mass is 509 g/mol.